The van der Waals surface area contributed by atoms with E-state index in [-0.39, 0.29) is 6.04 Å². The Bertz CT molecular complexity index is 572. The molecular weight excluding hydrogens is 318 g/mol. The number of nitrogens with zero attached hydrogens (tertiary/aromatic N) is 2. The summed E-state index contributed by atoms with van der Waals surface area (Å²) in [5, 5.41) is 3.36. The molecule has 1 aromatic heterocycles. The van der Waals surface area contributed by atoms with Crippen molar-refractivity contribution in [3.8, 4) is 5.69 Å². The summed E-state index contributed by atoms with van der Waals surface area (Å²) >= 11 is 3.60. The van der Waals surface area contributed by atoms with Crippen molar-refractivity contribution >= 4 is 21.9 Å². The minimum Gasteiger partial charge on any atom is -0.383 e. The minimum absolute atomic E-state index is 0.207. The van der Waals surface area contributed by atoms with Crippen molar-refractivity contribution in [3.05, 3.63) is 40.1 Å². The van der Waals surface area contributed by atoms with Gasteiger partial charge in [-0.05, 0) is 44.0 Å². The van der Waals surface area contributed by atoms with Gasteiger partial charge in [-0.15, -0.1) is 0 Å². The monoisotopic (exact) mass is 337 g/mol. The summed E-state index contributed by atoms with van der Waals surface area (Å²) in [6, 6.07) is 4.49. The van der Waals surface area contributed by atoms with Crippen LogP contribution in [0.3, 0.4) is 0 Å². The second-order valence-electron chi connectivity index (χ2n) is 5.02. The molecule has 0 aliphatic rings. The van der Waals surface area contributed by atoms with Gasteiger partial charge in [0.1, 0.15) is 0 Å². The fourth-order valence-corrected chi connectivity index (χ4v) is 2.42. The number of methoxy groups -OCH3 is 1. The third-order valence-electron chi connectivity index (χ3n) is 3.13. The Kier molecular flexibility index (Phi) is 4.83. The summed E-state index contributed by atoms with van der Waals surface area (Å²) < 4.78 is 8.36. The van der Waals surface area contributed by atoms with E-state index in [1.165, 1.54) is 11.1 Å². The van der Waals surface area contributed by atoms with Crippen LogP contribution in [0.4, 0.5) is 5.95 Å². The van der Waals surface area contributed by atoms with Gasteiger partial charge >= 0.3 is 0 Å². The number of halogens is 1. The van der Waals surface area contributed by atoms with Crippen molar-refractivity contribution in [3.63, 3.8) is 0 Å². The van der Waals surface area contributed by atoms with Crippen LogP contribution in [-0.2, 0) is 4.74 Å². The van der Waals surface area contributed by atoms with Gasteiger partial charge in [0, 0.05) is 35.7 Å². The van der Waals surface area contributed by atoms with E-state index in [4.69, 9.17) is 4.74 Å². The number of hydrogen-bond donors (Lipinski definition) is 1. The van der Waals surface area contributed by atoms with Crippen molar-refractivity contribution < 1.29 is 4.74 Å². The van der Waals surface area contributed by atoms with Crippen molar-refractivity contribution in [2.24, 2.45) is 0 Å². The molecule has 2 rings (SSSR count). The van der Waals surface area contributed by atoms with Crippen LogP contribution in [-0.4, -0.2) is 29.3 Å². The highest BCUT2D eigenvalue weighted by molar-refractivity contribution is 9.10. The maximum absolute atomic E-state index is 5.15. The molecule has 1 heterocycles. The van der Waals surface area contributed by atoms with E-state index in [0.29, 0.717) is 6.61 Å². The van der Waals surface area contributed by atoms with Crippen LogP contribution in [0.1, 0.15) is 18.1 Å². The number of benzene rings is 1. The van der Waals surface area contributed by atoms with Gasteiger partial charge in [-0.1, -0.05) is 15.9 Å². The number of imidazole rings is 1. The number of ether oxygens (including phenoxy) is 1. The molecule has 1 N–H and O–H groups in total. The highest BCUT2D eigenvalue weighted by atomic mass is 79.9. The molecule has 0 amide bonds. The minimum atomic E-state index is 0.207. The Labute approximate surface area is 128 Å². The van der Waals surface area contributed by atoms with Crippen LogP contribution in [0.2, 0.25) is 0 Å². The van der Waals surface area contributed by atoms with Crippen molar-refractivity contribution in [1.82, 2.24) is 9.55 Å². The van der Waals surface area contributed by atoms with Crippen LogP contribution in [0.5, 0.6) is 0 Å². The molecule has 2 aromatic rings. The van der Waals surface area contributed by atoms with Gasteiger partial charge in [-0.2, -0.15) is 0 Å². The molecule has 0 saturated carbocycles. The van der Waals surface area contributed by atoms with Gasteiger partial charge in [0.05, 0.1) is 6.61 Å². The number of nitrogens with one attached hydrogen (secondary N) is 1. The summed E-state index contributed by atoms with van der Waals surface area (Å²) in [5.74, 6) is 0.829. The first-order chi connectivity index (χ1) is 9.52. The average Bonchev–Trinajstić information content (AvgIpc) is 2.83. The lowest BCUT2D eigenvalue weighted by Gasteiger charge is -2.16. The van der Waals surface area contributed by atoms with Crippen LogP contribution >= 0.6 is 15.9 Å². The molecule has 108 valence electrons. The predicted molar refractivity (Wildman–Crippen MR) is 85.7 cm³/mol. The summed E-state index contributed by atoms with van der Waals surface area (Å²) in [4.78, 5) is 4.38. The quantitative estimate of drug-likeness (QED) is 0.904. The molecule has 0 aliphatic heterocycles. The van der Waals surface area contributed by atoms with Gasteiger partial charge in [-0.3, -0.25) is 4.57 Å². The lowest BCUT2D eigenvalue weighted by molar-refractivity contribution is 0.190. The average molecular weight is 338 g/mol. The summed E-state index contributed by atoms with van der Waals surface area (Å²) in [7, 11) is 1.70. The molecule has 0 fully saturated rings. The van der Waals surface area contributed by atoms with Gasteiger partial charge in [-0.25, -0.2) is 4.98 Å². The summed E-state index contributed by atoms with van der Waals surface area (Å²) in [6.07, 6.45) is 3.76. The molecule has 0 radical (unpaired) electrons. The second-order valence-corrected chi connectivity index (χ2v) is 5.81. The number of rotatable bonds is 5. The lowest BCUT2D eigenvalue weighted by Crippen LogP contribution is -2.22. The number of aromatic nitrogens is 2. The van der Waals surface area contributed by atoms with Crippen LogP contribution in [0.25, 0.3) is 5.69 Å². The van der Waals surface area contributed by atoms with Crippen LogP contribution in [0, 0.1) is 13.8 Å². The maximum Gasteiger partial charge on any atom is 0.207 e. The molecule has 1 aromatic carbocycles. The molecule has 0 bridgehead atoms. The Morgan fingerprint density at radius 1 is 1.35 bits per heavy atom. The second kappa shape index (κ2) is 6.41. The lowest BCUT2D eigenvalue weighted by atomic mass is 10.1. The molecule has 0 aliphatic carbocycles. The summed E-state index contributed by atoms with van der Waals surface area (Å²) in [6.45, 7) is 6.90. The maximum atomic E-state index is 5.15. The third kappa shape index (κ3) is 3.22. The number of hydrogen-bond acceptors (Lipinski definition) is 3. The highest BCUT2D eigenvalue weighted by Gasteiger charge is 2.10. The number of aryl methyl sites for hydroxylation is 2. The van der Waals surface area contributed by atoms with Crippen molar-refractivity contribution in [2.75, 3.05) is 19.0 Å². The van der Waals surface area contributed by atoms with E-state index in [0.717, 1.165) is 16.1 Å². The van der Waals surface area contributed by atoms with E-state index in [9.17, 15) is 0 Å². The third-order valence-corrected chi connectivity index (χ3v) is 4.38. The van der Waals surface area contributed by atoms with Gasteiger partial charge in [0.25, 0.3) is 0 Å². The van der Waals surface area contributed by atoms with E-state index in [1.54, 1.807) is 13.3 Å². The normalized spacial score (nSPS) is 12.4. The standard InChI is InChI=1S/C15H20BrN3O/c1-10-7-13(8-11(2)14(10)16)19-6-5-17-15(19)18-12(3)9-20-4/h5-8,12H,9H2,1-4H3,(H,17,18). The van der Waals surface area contributed by atoms with E-state index >= 15 is 0 Å². The molecule has 1 atom stereocenters. The van der Waals surface area contributed by atoms with Crippen molar-refractivity contribution in [2.45, 2.75) is 26.8 Å². The highest BCUT2D eigenvalue weighted by Crippen LogP contribution is 2.25. The molecule has 20 heavy (non-hydrogen) atoms. The van der Waals surface area contributed by atoms with Gasteiger partial charge in [0.15, 0.2) is 0 Å². The zero-order valence-electron chi connectivity index (χ0n) is 12.3. The Morgan fingerprint density at radius 2 is 2.00 bits per heavy atom. The van der Waals surface area contributed by atoms with Crippen LogP contribution in [0.15, 0.2) is 29.0 Å². The Morgan fingerprint density at radius 3 is 2.60 bits per heavy atom. The number of anilines is 1. The first kappa shape index (κ1) is 15.1. The van der Waals surface area contributed by atoms with E-state index in [2.05, 4.69) is 63.7 Å². The van der Waals surface area contributed by atoms with E-state index < -0.39 is 0 Å². The molecule has 0 saturated heterocycles. The zero-order valence-corrected chi connectivity index (χ0v) is 13.9. The van der Waals surface area contributed by atoms with Gasteiger partial charge < -0.3 is 10.1 Å². The first-order valence-electron chi connectivity index (χ1n) is 6.59. The fraction of sp³-hybridized carbons (Fsp3) is 0.400. The smallest absolute Gasteiger partial charge is 0.207 e. The van der Waals surface area contributed by atoms with E-state index in [1.807, 2.05) is 6.20 Å². The summed E-state index contributed by atoms with van der Waals surface area (Å²) in [5.41, 5.74) is 3.53. The van der Waals surface area contributed by atoms with Gasteiger partial charge in [0.2, 0.25) is 5.95 Å². The molecular formula is C15H20BrN3O. The fourth-order valence-electron chi connectivity index (χ4n) is 2.19. The predicted octanol–water partition coefficient (Wildman–Crippen LogP) is 3.70. The molecule has 5 heteroatoms. The SMILES string of the molecule is COCC(C)Nc1nccn1-c1cc(C)c(Br)c(C)c1. The van der Waals surface area contributed by atoms with Crippen LogP contribution < -0.4 is 5.32 Å². The molecule has 0 spiro atoms. The Hall–Kier alpha value is -1.33. The van der Waals surface area contributed by atoms with Crippen molar-refractivity contribution in [1.29, 1.82) is 0 Å². The molecule has 1 unspecified atom stereocenters. The Balaban J connectivity index is 2.32. The largest absolute Gasteiger partial charge is 0.383 e. The first-order valence-corrected chi connectivity index (χ1v) is 7.38. The zero-order chi connectivity index (χ0) is 14.7. The topological polar surface area (TPSA) is 39.1 Å². The molecule has 4 nitrogen and oxygen atoms in total.